The normalized spacial score (nSPS) is 26.1. The Labute approximate surface area is 167 Å². The number of hydrogen-bond acceptors (Lipinski definition) is 4. The van der Waals surface area contributed by atoms with Gasteiger partial charge < -0.3 is 13.3 Å². The zero-order valence-corrected chi connectivity index (χ0v) is 18.7. The molecule has 3 aliphatic rings. The van der Waals surface area contributed by atoms with Crippen LogP contribution in [0.25, 0.3) is 0 Å². The van der Waals surface area contributed by atoms with Gasteiger partial charge in [0.2, 0.25) is 0 Å². The summed E-state index contributed by atoms with van der Waals surface area (Å²) in [7, 11) is -2.80. The van der Waals surface area contributed by atoms with Gasteiger partial charge in [0.1, 0.15) is 0 Å². The minimum Gasteiger partial charge on any atom is -0.370 e. The summed E-state index contributed by atoms with van der Waals surface area (Å²) in [6, 6.07) is 0. The lowest BCUT2D eigenvalue weighted by atomic mass is 9.98. The van der Waals surface area contributed by atoms with Crippen LogP contribution in [-0.2, 0) is 13.3 Å². The third kappa shape index (κ3) is 5.97. The first-order chi connectivity index (χ1) is 12.7. The molecule has 0 bridgehead atoms. The topological polar surface area (TPSA) is 27.7 Å². The second kappa shape index (κ2) is 10.8. The molecule has 152 valence electrons. The molecule has 0 aromatic carbocycles. The third-order valence-corrected chi connectivity index (χ3v) is 11.0. The molecular weight excluding hydrogens is 360 g/mol. The van der Waals surface area contributed by atoms with E-state index in [4.69, 9.17) is 25.9 Å². The lowest BCUT2D eigenvalue weighted by molar-refractivity contribution is -0.0420. The molecule has 5 heteroatoms. The van der Waals surface area contributed by atoms with Crippen molar-refractivity contribution in [2.24, 2.45) is 0 Å². The number of rotatable bonds is 8. The van der Waals surface area contributed by atoms with Crippen LogP contribution in [-0.4, -0.2) is 32.0 Å². The molecule has 0 radical (unpaired) electrons. The summed E-state index contributed by atoms with van der Waals surface area (Å²) >= 11 is 5.00. The summed E-state index contributed by atoms with van der Waals surface area (Å²) in [6.45, 7) is 2.21. The molecular formula is C21H40O3SSi. The SMILES string of the molecule is CCC(S)[Si](OC1CCCCC1)(OC1CCCCC1)OC1CCCCC1. The van der Waals surface area contributed by atoms with Gasteiger partial charge in [-0.1, -0.05) is 64.7 Å². The van der Waals surface area contributed by atoms with Crippen LogP contribution in [0.3, 0.4) is 0 Å². The van der Waals surface area contributed by atoms with Crippen LogP contribution in [0, 0.1) is 0 Å². The Balaban J connectivity index is 1.75. The van der Waals surface area contributed by atoms with Crippen molar-refractivity contribution >= 4 is 21.4 Å². The van der Waals surface area contributed by atoms with Crippen molar-refractivity contribution in [2.45, 2.75) is 133 Å². The molecule has 1 unspecified atom stereocenters. The monoisotopic (exact) mass is 400 g/mol. The van der Waals surface area contributed by atoms with Crippen molar-refractivity contribution < 1.29 is 13.3 Å². The molecule has 26 heavy (non-hydrogen) atoms. The van der Waals surface area contributed by atoms with Crippen LogP contribution in [0.2, 0.25) is 0 Å². The van der Waals surface area contributed by atoms with Crippen molar-refractivity contribution in [1.29, 1.82) is 0 Å². The van der Waals surface area contributed by atoms with E-state index in [0.29, 0.717) is 18.3 Å². The van der Waals surface area contributed by atoms with Crippen LogP contribution in [0.4, 0.5) is 0 Å². The smallest absolute Gasteiger partial charge is 0.370 e. The predicted octanol–water partition coefficient (Wildman–Crippen LogP) is 6.22. The second-order valence-corrected chi connectivity index (χ2v) is 12.4. The second-order valence-electron chi connectivity index (χ2n) is 8.66. The molecule has 3 saturated carbocycles. The Morgan fingerprint density at radius 1 is 0.654 bits per heavy atom. The van der Waals surface area contributed by atoms with E-state index >= 15 is 0 Å². The molecule has 3 nitrogen and oxygen atoms in total. The van der Waals surface area contributed by atoms with Crippen LogP contribution in [0.1, 0.15) is 110 Å². The summed E-state index contributed by atoms with van der Waals surface area (Å²) in [5.74, 6) is 0. The Morgan fingerprint density at radius 3 is 1.23 bits per heavy atom. The Bertz CT molecular complexity index is 340. The quantitative estimate of drug-likeness (QED) is 0.387. The zero-order chi connectivity index (χ0) is 18.2. The molecule has 0 spiro atoms. The maximum atomic E-state index is 6.86. The molecule has 0 aliphatic heterocycles. The molecule has 1 atom stereocenters. The fraction of sp³-hybridized carbons (Fsp3) is 1.00. The van der Waals surface area contributed by atoms with Crippen LogP contribution in [0.5, 0.6) is 0 Å². The molecule has 3 rings (SSSR count). The average Bonchev–Trinajstić information content (AvgIpc) is 2.69. The molecule has 0 aromatic rings. The molecule has 0 N–H and O–H groups in total. The minimum atomic E-state index is -2.80. The van der Waals surface area contributed by atoms with E-state index in [1.165, 1.54) is 96.3 Å². The third-order valence-electron chi connectivity index (χ3n) is 6.44. The Hall–Kier alpha value is 0.447. The molecule has 0 amide bonds. The summed E-state index contributed by atoms with van der Waals surface area (Å²) in [5, 5.41) is 0. The highest BCUT2D eigenvalue weighted by Gasteiger charge is 2.52. The molecule has 0 saturated heterocycles. The average molecular weight is 401 g/mol. The Morgan fingerprint density at radius 2 is 0.962 bits per heavy atom. The van der Waals surface area contributed by atoms with Crippen molar-refractivity contribution in [3.05, 3.63) is 0 Å². The highest BCUT2D eigenvalue weighted by molar-refractivity contribution is 7.83. The van der Waals surface area contributed by atoms with E-state index in [9.17, 15) is 0 Å². The van der Waals surface area contributed by atoms with Gasteiger partial charge in [-0.15, -0.1) is 0 Å². The van der Waals surface area contributed by atoms with E-state index in [1.54, 1.807) is 0 Å². The maximum Gasteiger partial charge on any atom is 0.515 e. The maximum absolute atomic E-state index is 6.86. The van der Waals surface area contributed by atoms with Crippen LogP contribution >= 0.6 is 12.6 Å². The summed E-state index contributed by atoms with van der Waals surface area (Å²) < 4.78 is 20.6. The number of hydrogen-bond donors (Lipinski definition) is 1. The fourth-order valence-electron chi connectivity index (χ4n) is 4.81. The van der Waals surface area contributed by atoms with Gasteiger partial charge >= 0.3 is 8.80 Å². The summed E-state index contributed by atoms with van der Waals surface area (Å²) in [5.41, 5.74) is 0. The summed E-state index contributed by atoms with van der Waals surface area (Å²) in [4.78, 5) is 0.105. The zero-order valence-electron chi connectivity index (χ0n) is 16.8. The highest BCUT2D eigenvalue weighted by Crippen LogP contribution is 2.35. The highest BCUT2D eigenvalue weighted by atomic mass is 32.1. The Kier molecular flexibility index (Phi) is 8.83. The van der Waals surface area contributed by atoms with Crippen molar-refractivity contribution in [3.8, 4) is 0 Å². The largest absolute Gasteiger partial charge is 0.515 e. The molecule has 0 aromatic heterocycles. The van der Waals surface area contributed by atoms with E-state index in [0.717, 1.165) is 6.42 Å². The standard InChI is InChI=1S/C21H40O3SSi/c1-2-21(25)26(22-18-12-6-3-7-13-18,23-19-14-8-4-9-15-19)24-20-16-10-5-11-17-20/h18-21,25H,2-17H2,1H3. The molecule has 3 aliphatic carbocycles. The first kappa shape index (κ1) is 21.2. The summed E-state index contributed by atoms with van der Waals surface area (Å²) in [6.07, 6.45) is 20.7. The van der Waals surface area contributed by atoms with Gasteiger partial charge in [-0.05, 0) is 44.9 Å². The van der Waals surface area contributed by atoms with Crippen molar-refractivity contribution in [3.63, 3.8) is 0 Å². The van der Waals surface area contributed by atoms with Gasteiger partial charge in [-0.25, -0.2) is 0 Å². The molecule has 3 fully saturated rings. The minimum absolute atomic E-state index is 0.105. The predicted molar refractivity (Wildman–Crippen MR) is 113 cm³/mol. The van der Waals surface area contributed by atoms with Gasteiger partial charge in [-0.3, -0.25) is 0 Å². The van der Waals surface area contributed by atoms with Gasteiger partial charge in [-0.2, -0.15) is 12.6 Å². The van der Waals surface area contributed by atoms with Gasteiger partial charge in [0, 0.05) is 18.3 Å². The van der Waals surface area contributed by atoms with Crippen LogP contribution < -0.4 is 0 Å². The van der Waals surface area contributed by atoms with Crippen LogP contribution in [0.15, 0.2) is 0 Å². The van der Waals surface area contributed by atoms with Gasteiger partial charge in [0.25, 0.3) is 0 Å². The lowest BCUT2D eigenvalue weighted by Gasteiger charge is -2.43. The first-order valence-electron chi connectivity index (χ1n) is 11.4. The molecule has 0 heterocycles. The number of thiol groups is 1. The van der Waals surface area contributed by atoms with E-state index < -0.39 is 8.80 Å². The van der Waals surface area contributed by atoms with E-state index in [1.807, 2.05) is 0 Å². The first-order valence-corrected chi connectivity index (χ1v) is 13.7. The van der Waals surface area contributed by atoms with Gasteiger partial charge in [0.05, 0.1) is 4.87 Å². The van der Waals surface area contributed by atoms with Crippen molar-refractivity contribution in [2.75, 3.05) is 0 Å². The van der Waals surface area contributed by atoms with Crippen molar-refractivity contribution in [1.82, 2.24) is 0 Å². The van der Waals surface area contributed by atoms with E-state index in [2.05, 4.69) is 6.92 Å². The van der Waals surface area contributed by atoms with Gasteiger partial charge in [0.15, 0.2) is 0 Å². The fourth-order valence-corrected chi connectivity index (χ4v) is 8.60. The van der Waals surface area contributed by atoms with E-state index in [-0.39, 0.29) is 4.87 Å². The lowest BCUT2D eigenvalue weighted by Crippen LogP contribution is -2.59.